The van der Waals surface area contributed by atoms with E-state index in [0.29, 0.717) is 12.0 Å². The van der Waals surface area contributed by atoms with Crippen LogP contribution < -0.4 is 0 Å². The van der Waals surface area contributed by atoms with Crippen molar-refractivity contribution in [2.24, 2.45) is 4.99 Å². The van der Waals surface area contributed by atoms with Crippen molar-refractivity contribution in [2.45, 2.75) is 12.5 Å². The summed E-state index contributed by atoms with van der Waals surface area (Å²) in [6.07, 6.45) is 1.95. The fourth-order valence-corrected chi connectivity index (χ4v) is 3.30. The molecule has 16 heavy (non-hydrogen) atoms. The Morgan fingerprint density at radius 1 is 1.38 bits per heavy atom. The van der Waals surface area contributed by atoms with Crippen LogP contribution in [0.3, 0.4) is 0 Å². The molecule has 1 aromatic carbocycles. The topological polar surface area (TPSA) is 46.5 Å². The molecule has 3 nitrogen and oxygen atoms in total. The normalized spacial score (nSPS) is 23.9. The van der Waals surface area contributed by atoms with Crippen LogP contribution in [0.5, 0.6) is 0 Å². The van der Waals surface area contributed by atoms with Crippen molar-refractivity contribution in [3.8, 4) is 0 Å². The number of aliphatic imine (C=N–C) groups is 1. The first-order chi connectivity index (χ1) is 7.57. The Hall–Kier alpha value is -1.23. The van der Waals surface area contributed by atoms with Crippen LogP contribution in [0.4, 0.5) is 4.39 Å². The Morgan fingerprint density at radius 2 is 2.12 bits per heavy atom. The maximum absolute atomic E-state index is 13.2. The van der Waals surface area contributed by atoms with Crippen LogP contribution in [0, 0.1) is 5.82 Å². The number of sulfone groups is 1. The van der Waals surface area contributed by atoms with E-state index < -0.39 is 9.84 Å². The summed E-state index contributed by atoms with van der Waals surface area (Å²) in [7, 11) is -2.92. The minimum absolute atomic E-state index is 0.0813. The maximum Gasteiger partial charge on any atom is 0.152 e. The Balaban J connectivity index is 2.09. The third kappa shape index (κ3) is 2.66. The fraction of sp³-hybridized carbons (Fsp3) is 0.364. The molecule has 1 aliphatic rings. The molecule has 0 spiro atoms. The molecule has 1 aromatic rings. The summed E-state index contributed by atoms with van der Waals surface area (Å²) in [5, 5.41) is 0. The molecule has 86 valence electrons. The summed E-state index contributed by atoms with van der Waals surface area (Å²) in [6, 6.07) is 6.07. The van der Waals surface area contributed by atoms with Gasteiger partial charge in [0.1, 0.15) is 5.82 Å². The van der Waals surface area contributed by atoms with E-state index in [9.17, 15) is 12.8 Å². The second-order valence-corrected chi connectivity index (χ2v) is 6.09. The zero-order chi connectivity index (χ0) is 11.6. The van der Waals surface area contributed by atoms with Crippen LogP contribution in [-0.2, 0) is 9.84 Å². The van der Waals surface area contributed by atoms with Crippen molar-refractivity contribution in [3.63, 3.8) is 0 Å². The summed E-state index contributed by atoms with van der Waals surface area (Å²) >= 11 is 0. The zero-order valence-electron chi connectivity index (χ0n) is 8.64. The minimum atomic E-state index is -2.92. The van der Waals surface area contributed by atoms with E-state index in [1.165, 1.54) is 12.3 Å². The zero-order valence-corrected chi connectivity index (χ0v) is 9.45. The third-order valence-corrected chi connectivity index (χ3v) is 4.29. The van der Waals surface area contributed by atoms with Crippen LogP contribution in [0.2, 0.25) is 0 Å². The van der Waals surface area contributed by atoms with Gasteiger partial charge in [0.15, 0.2) is 9.84 Å². The van der Waals surface area contributed by atoms with Crippen LogP contribution in [0.15, 0.2) is 29.3 Å². The van der Waals surface area contributed by atoms with Crippen molar-refractivity contribution in [3.05, 3.63) is 35.6 Å². The van der Waals surface area contributed by atoms with Crippen molar-refractivity contribution in [1.82, 2.24) is 0 Å². The van der Waals surface area contributed by atoms with Crippen molar-refractivity contribution < 1.29 is 12.8 Å². The molecule has 2 rings (SSSR count). The maximum atomic E-state index is 13.2. The highest BCUT2D eigenvalue weighted by Gasteiger charge is 2.26. The van der Waals surface area contributed by atoms with Gasteiger partial charge in [0.25, 0.3) is 0 Å². The van der Waals surface area contributed by atoms with Crippen LogP contribution >= 0.6 is 0 Å². The Kier molecular flexibility index (Phi) is 3.05. The number of halogens is 1. The molecule has 1 aliphatic heterocycles. The third-order valence-electron chi connectivity index (χ3n) is 2.54. The van der Waals surface area contributed by atoms with E-state index in [0.717, 1.165) is 0 Å². The molecule has 5 heteroatoms. The average Bonchev–Trinajstić information content (AvgIpc) is 2.57. The second kappa shape index (κ2) is 4.33. The molecule has 1 fully saturated rings. The van der Waals surface area contributed by atoms with E-state index in [2.05, 4.69) is 4.99 Å². The van der Waals surface area contributed by atoms with Crippen LogP contribution in [0.1, 0.15) is 12.0 Å². The molecule has 1 unspecified atom stereocenters. The van der Waals surface area contributed by atoms with Gasteiger partial charge in [-0.1, -0.05) is 18.2 Å². The van der Waals surface area contributed by atoms with E-state index in [4.69, 9.17) is 0 Å². The van der Waals surface area contributed by atoms with Crippen molar-refractivity contribution >= 4 is 16.1 Å². The lowest BCUT2D eigenvalue weighted by Crippen LogP contribution is -2.07. The largest absolute Gasteiger partial charge is 0.288 e. The van der Waals surface area contributed by atoms with Gasteiger partial charge in [-0.05, 0) is 12.5 Å². The first-order valence-corrected chi connectivity index (χ1v) is 6.87. The molecule has 0 N–H and O–H groups in total. The predicted octanol–water partition coefficient (Wildman–Crippen LogP) is 1.43. The lowest BCUT2D eigenvalue weighted by Gasteiger charge is -1.99. The Labute approximate surface area is 93.9 Å². The predicted molar refractivity (Wildman–Crippen MR) is 61.1 cm³/mol. The van der Waals surface area contributed by atoms with Crippen LogP contribution in [0.25, 0.3) is 0 Å². The SMILES string of the molecule is O=S1(=O)CCC(N=Cc2ccccc2F)C1. The van der Waals surface area contributed by atoms with E-state index in [-0.39, 0.29) is 23.4 Å². The van der Waals surface area contributed by atoms with Gasteiger partial charge in [-0.3, -0.25) is 4.99 Å². The highest BCUT2D eigenvalue weighted by molar-refractivity contribution is 7.91. The van der Waals surface area contributed by atoms with Gasteiger partial charge in [0.05, 0.1) is 17.5 Å². The molecular weight excluding hydrogens is 229 g/mol. The average molecular weight is 241 g/mol. The molecule has 1 heterocycles. The van der Waals surface area contributed by atoms with Crippen LogP contribution in [-0.4, -0.2) is 32.2 Å². The summed E-state index contributed by atoms with van der Waals surface area (Å²) in [4.78, 5) is 4.11. The molecular formula is C11H12FNO2S. The quantitative estimate of drug-likeness (QED) is 0.735. The first-order valence-electron chi connectivity index (χ1n) is 5.05. The van der Waals surface area contributed by atoms with Gasteiger partial charge in [0, 0.05) is 11.8 Å². The van der Waals surface area contributed by atoms with Gasteiger partial charge >= 0.3 is 0 Å². The lowest BCUT2D eigenvalue weighted by molar-refractivity contribution is 0.601. The molecule has 0 aromatic heterocycles. The number of benzene rings is 1. The highest BCUT2D eigenvalue weighted by atomic mass is 32.2. The fourth-order valence-electron chi connectivity index (χ4n) is 1.66. The van der Waals surface area contributed by atoms with Gasteiger partial charge in [0.2, 0.25) is 0 Å². The summed E-state index contributed by atoms with van der Waals surface area (Å²) in [5.74, 6) is -0.0726. The van der Waals surface area contributed by atoms with Gasteiger partial charge in [-0.15, -0.1) is 0 Å². The molecule has 0 amide bonds. The van der Waals surface area contributed by atoms with Gasteiger partial charge < -0.3 is 0 Å². The molecule has 1 atom stereocenters. The molecule has 1 saturated heterocycles. The van der Waals surface area contributed by atoms with Crippen molar-refractivity contribution in [1.29, 1.82) is 0 Å². The Bertz CT molecular complexity index is 510. The van der Waals surface area contributed by atoms with E-state index in [1.807, 2.05) is 0 Å². The van der Waals surface area contributed by atoms with E-state index in [1.54, 1.807) is 18.2 Å². The Morgan fingerprint density at radius 3 is 2.75 bits per heavy atom. The number of rotatable bonds is 2. The lowest BCUT2D eigenvalue weighted by atomic mass is 10.2. The number of nitrogens with zero attached hydrogens (tertiary/aromatic N) is 1. The molecule has 0 radical (unpaired) electrons. The monoisotopic (exact) mass is 241 g/mol. The minimum Gasteiger partial charge on any atom is -0.288 e. The highest BCUT2D eigenvalue weighted by Crippen LogP contribution is 2.15. The standard InChI is InChI=1S/C11H12FNO2S/c12-11-4-2-1-3-9(11)7-13-10-5-6-16(14,15)8-10/h1-4,7,10H,5-6,8H2. The molecule has 0 bridgehead atoms. The van der Waals surface area contributed by atoms with Gasteiger partial charge in [-0.2, -0.15) is 0 Å². The molecule has 0 aliphatic carbocycles. The smallest absolute Gasteiger partial charge is 0.152 e. The molecule has 0 saturated carbocycles. The van der Waals surface area contributed by atoms with Crippen molar-refractivity contribution in [2.75, 3.05) is 11.5 Å². The first kappa shape index (κ1) is 11.3. The second-order valence-electron chi connectivity index (χ2n) is 3.86. The summed E-state index contributed by atoms with van der Waals surface area (Å²) in [6.45, 7) is 0. The van der Waals surface area contributed by atoms with Gasteiger partial charge in [-0.25, -0.2) is 12.8 Å². The summed E-state index contributed by atoms with van der Waals surface area (Å²) in [5.41, 5.74) is 0.395. The van der Waals surface area contributed by atoms with E-state index >= 15 is 0 Å². The summed E-state index contributed by atoms with van der Waals surface area (Å²) < 4.78 is 35.5. The number of hydrogen-bond acceptors (Lipinski definition) is 3. The number of hydrogen-bond donors (Lipinski definition) is 0.